The molecule has 1 aromatic heterocycles. The van der Waals surface area contributed by atoms with Gasteiger partial charge in [0.15, 0.2) is 5.78 Å². The number of hydrogen-bond acceptors (Lipinski definition) is 3. The van der Waals surface area contributed by atoms with E-state index < -0.39 is 0 Å². The van der Waals surface area contributed by atoms with Crippen molar-refractivity contribution in [3.05, 3.63) is 26.6 Å². The van der Waals surface area contributed by atoms with Gasteiger partial charge in [-0.25, -0.2) is 0 Å². The number of fused-ring (bicyclic) bond motifs is 1. The minimum Gasteiger partial charge on any atom is -0.495 e. The normalized spacial score (nSPS) is 10.6. The molecule has 78 valence electrons. The Morgan fingerprint density at radius 2 is 2.20 bits per heavy atom. The van der Waals surface area contributed by atoms with Crippen LogP contribution in [0.2, 0.25) is 0 Å². The lowest BCUT2D eigenvalue weighted by molar-refractivity contribution is 0.102. The lowest BCUT2D eigenvalue weighted by Crippen LogP contribution is -1.88. The Kier molecular flexibility index (Phi) is 2.97. The molecule has 0 saturated heterocycles. The summed E-state index contributed by atoms with van der Waals surface area (Å²) in [4.78, 5) is 12.2. The summed E-state index contributed by atoms with van der Waals surface area (Å²) < 4.78 is 7.35. The molecule has 0 amide bonds. The fourth-order valence-corrected chi connectivity index (χ4v) is 3.87. The molecule has 0 N–H and O–H groups in total. The number of Topliss-reactive ketones (excluding diaryl/α,β-unsaturated/α-hetero) is 1. The summed E-state index contributed by atoms with van der Waals surface area (Å²) in [5, 5.41) is 1.10. The number of carbonyl (C=O) groups excluding carboxylic acids is 1. The quantitative estimate of drug-likeness (QED) is 0.619. The summed E-state index contributed by atoms with van der Waals surface area (Å²) in [6, 6.07) is 5.88. The van der Waals surface area contributed by atoms with Gasteiger partial charge in [0.05, 0.1) is 16.7 Å². The maximum Gasteiger partial charge on any atom is 0.170 e. The van der Waals surface area contributed by atoms with E-state index in [1.165, 1.54) is 11.3 Å². The van der Waals surface area contributed by atoms with Crippen molar-refractivity contribution in [2.45, 2.75) is 6.92 Å². The summed E-state index contributed by atoms with van der Waals surface area (Å²) >= 11 is 3.72. The van der Waals surface area contributed by atoms with Gasteiger partial charge >= 0.3 is 0 Å². The Balaban J connectivity index is 2.81. The molecule has 0 aliphatic carbocycles. The number of benzene rings is 1. The van der Waals surface area contributed by atoms with E-state index in [1.54, 1.807) is 14.0 Å². The van der Waals surface area contributed by atoms with Crippen molar-refractivity contribution in [3.63, 3.8) is 0 Å². The van der Waals surface area contributed by atoms with Gasteiger partial charge in [0.2, 0.25) is 0 Å². The van der Waals surface area contributed by atoms with Gasteiger partial charge in [-0.3, -0.25) is 4.79 Å². The lowest BCUT2D eigenvalue weighted by Gasteiger charge is -1.99. The average Bonchev–Trinajstić information content (AvgIpc) is 2.56. The first-order chi connectivity index (χ1) is 7.15. The molecule has 0 radical (unpaired) electrons. The van der Waals surface area contributed by atoms with Gasteiger partial charge < -0.3 is 4.74 Å². The number of thiophene rings is 1. The first kappa shape index (κ1) is 10.9. The van der Waals surface area contributed by atoms with E-state index in [1.807, 2.05) is 18.2 Å². The highest BCUT2D eigenvalue weighted by molar-refractivity contribution is 14.1. The van der Waals surface area contributed by atoms with E-state index in [9.17, 15) is 4.79 Å². The second-order valence-electron chi connectivity index (χ2n) is 3.14. The third kappa shape index (κ3) is 1.76. The number of hydrogen-bond donors (Lipinski definition) is 0. The SMILES string of the molecule is COc1cccc2c(I)c(C(C)=O)sc12. The number of methoxy groups -OCH3 is 1. The fourth-order valence-electron chi connectivity index (χ4n) is 1.45. The van der Waals surface area contributed by atoms with Gasteiger partial charge in [-0.2, -0.15) is 0 Å². The van der Waals surface area contributed by atoms with Crippen LogP contribution in [0.15, 0.2) is 18.2 Å². The molecular formula is C11H9IO2S. The third-order valence-electron chi connectivity index (χ3n) is 2.16. The van der Waals surface area contributed by atoms with E-state index in [-0.39, 0.29) is 5.78 Å². The standard InChI is InChI=1S/C11H9IO2S/c1-6(13)10-9(12)7-4-3-5-8(14-2)11(7)15-10/h3-5H,1-2H3. The number of rotatable bonds is 2. The molecule has 0 saturated carbocycles. The molecule has 0 fully saturated rings. The predicted octanol–water partition coefficient (Wildman–Crippen LogP) is 3.72. The van der Waals surface area contributed by atoms with Crippen molar-refractivity contribution in [2.75, 3.05) is 7.11 Å². The summed E-state index contributed by atoms with van der Waals surface area (Å²) in [5.41, 5.74) is 0. The van der Waals surface area contributed by atoms with Crippen LogP contribution in [-0.2, 0) is 0 Å². The summed E-state index contributed by atoms with van der Waals surface area (Å²) in [5.74, 6) is 0.950. The van der Waals surface area contributed by atoms with Crippen LogP contribution in [0, 0.1) is 3.57 Å². The molecule has 2 nitrogen and oxygen atoms in total. The first-order valence-electron chi connectivity index (χ1n) is 4.41. The summed E-state index contributed by atoms with van der Waals surface area (Å²) in [7, 11) is 1.65. The Labute approximate surface area is 105 Å². The van der Waals surface area contributed by atoms with Gasteiger partial charge in [-0.1, -0.05) is 12.1 Å². The van der Waals surface area contributed by atoms with Gasteiger partial charge in [-0.05, 0) is 35.6 Å². The van der Waals surface area contributed by atoms with Crippen LogP contribution < -0.4 is 4.74 Å². The zero-order valence-electron chi connectivity index (χ0n) is 8.33. The smallest absolute Gasteiger partial charge is 0.170 e. The monoisotopic (exact) mass is 332 g/mol. The molecule has 1 aromatic carbocycles. The Hall–Kier alpha value is -0.620. The van der Waals surface area contributed by atoms with Crippen molar-refractivity contribution >= 4 is 49.8 Å². The molecule has 0 spiro atoms. The van der Waals surface area contributed by atoms with Gasteiger partial charge in [0.25, 0.3) is 0 Å². The molecular weight excluding hydrogens is 323 g/mol. The second kappa shape index (κ2) is 4.09. The Morgan fingerprint density at radius 3 is 2.80 bits per heavy atom. The van der Waals surface area contributed by atoms with Crippen LogP contribution in [0.4, 0.5) is 0 Å². The molecule has 0 aliphatic heterocycles. The molecule has 0 bridgehead atoms. The van der Waals surface area contributed by atoms with Crippen LogP contribution >= 0.6 is 33.9 Å². The average molecular weight is 332 g/mol. The van der Waals surface area contributed by atoms with Crippen molar-refractivity contribution in [2.24, 2.45) is 0 Å². The molecule has 0 aliphatic rings. The zero-order valence-corrected chi connectivity index (χ0v) is 11.3. The van der Waals surface area contributed by atoms with E-state index in [2.05, 4.69) is 22.6 Å². The van der Waals surface area contributed by atoms with Crippen molar-refractivity contribution < 1.29 is 9.53 Å². The fraction of sp³-hybridized carbons (Fsp3) is 0.182. The first-order valence-corrected chi connectivity index (χ1v) is 6.30. The third-order valence-corrected chi connectivity index (χ3v) is 4.97. The highest BCUT2D eigenvalue weighted by Gasteiger charge is 2.15. The maximum absolute atomic E-state index is 11.4. The molecule has 2 rings (SSSR count). The minimum atomic E-state index is 0.114. The van der Waals surface area contributed by atoms with Crippen LogP contribution in [0.25, 0.3) is 10.1 Å². The van der Waals surface area contributed by atoms with E-state index in [0.29, 0.717) is 0 Å². The second-order valence-corrected chi connectivity index (χ2v) is 5.24. The predicted molar refractivity (Wildman–Crippen MR) is 71.1 cm³/mol. The van der Waals surface area contributed by atoms with Gasteiger partial charge in [0, 0.05) is 8.96 Å². The van der Waals surface area contributed by atoms with Crippen LogP contribution in [0.3, 0.4) is 0 Å². The number of ether oxygens (including phenoxy) is 1. The minimum absolute atomic E-state index is 0.114. The lowest BCUT2D eigenvalue weighted by atomic mass is 10.2. The van der Waals surface area contributed by atoms with E-state index in [0.717, 1.165) is 24.3 Å². The van der Waals surface area contributed by atoms with Gasteiger partial charge in [-0.15, -0.1) is 11.3 Å². The Morgan fingerprint density at radius 1 is 1.47 bits per heavy atom. The van der Waals surface area contributed by atoms with Crippen LogP contribution in [-0.4, -0.2) is 12.9 Å². The molecule has 0 unspecified atom stereocenters. The van der Waals surface area contributed by atoms with Crippen LogP contribution in [0.1, 0.15) is 16.6 Å². The number of halogens is 1. The van der Waals surface area contributed by atoms with Crippen molar-refractivity contribution in [1.82, 2.24) is 0 Å². The molecule has 15 heavy (non-hydrogen) atoms. The summed E-state index contributed by atoms with van der Waals surface area (Å²) in [6.07, 6.45) is 0. The van der Waals surface area contributed by atoms with E-state index in [4.69, 9.17) is 4.74 Å². The van der Waals surface area contributed by atoms with Crippen LogP contribution in [0.5, 0.6) is 5.75 Å². The summed E-state index contributed by atoms with van der Waals surface area (Å²) in [6.45, 7) is 1.60. The van der Waals surface area contributed by atoms with E-state index >= 15 is 0 Å². The highest BCUT2D eigenvalue weighted by atomic mass is 127. The largest absolute Gasteiger partial charge is 0.495 e. The number of carbonyl (C=O) groups is 1. The Bertz CT molecular complexity index is 531. The van der Waals surface area contributed by atoms with Crippen molar-refractivity contribution in [1.29, 1.82) is 0 Å². The molecule has 2 aromatic rings. The van der Waals surface area contributed by atoms with Gasteiger partial charge in [0.1, 0.15) is 5.75 Å². The number of ketones is 1. The molecule has 0 atom stereocenters. The molecule has 4 heteroatoms. The zero-order chi connectivity index (χ0) is 11.0. The maximum atomic E-state index is 11.4. The highest BCUT2D eigenvalue weighted by Crippen LogP contribution is 2.38. The molecule has 1 heterocycles. The topological polar surface area (TPSA) is 26.3 Å². The van der Waals surface area contributed by atoms with Crippen molar-refractivity contribution in [3.8, 4) is 5.75 Å².